The number of halogens is 3. The van der Waals surface area contributed by atoms with Crippen molar-refractivity contribution in [1.29, 1.82) is 0 Å². The lowest BCUT2D eigenvalue weighted by Gasteiger charge is -2.45. The molecule has 2 aromatic rings. The highest BCUT2D eigenvalue weighted by atomic mass is 35.5. The van der Waals surface area contributed by atoms with Crippen LogP contribution in [0.4, 0.5) is 13.6 Å². The van der Waals surface area contributed by atoms with Crippen molar-refractivity contribution in [2.45, 2.75) is 86.4 Å². The summed E-state index contributed by atoms with van der Waals surface area (Å²) in [5.74, 6) is -1.44. The predicted octanol–water partition coefficient (Wildman–Crippen LogP) is 6.13. The fourth-order valence-electron chi connectivity index (χ4n) is 7.02. The molecule has 3 aliphatic heterocycles. The van der Waals surface area contributed by atoms with Gasteiger partial charge in [-0.05, 0) is 107 Å². The van der Waals surface area contributed by atoms with Gasteiger partial charge in [0.25, 0.3) is 0 Å². The monoisotopic (exact) mass is 607 g/mol. The minimum absolute atomic E-state index is 0.0828. The van der Waals surface area contributed by atoms with E-state index in [1.807, 2.05) is 0 Å². The third kappa shape index (κ3) is 5.72. The molecular formula is C30H36ClF2N3O4S. The molecule has 2 aromatic carbocycles. The van der Waals surface area contributed by atoms with E-state index in [-0.39, 0.29) is 5.02 Å². The summed E-state index contributed by atoms with van der Waals surface area (Å²) in [5, 5.41) is 0.0828. The summed E-state index contributed by atoms with van der Waals surface area (Å²) in [5.41, 5.74) is -0.524. The van der Waals surface area contributed by atoms with Crippen LogP contribution in [-0.4, -0.2) is 72.5 Å². The van der Waals surface area contributed by atoms with Gasteiger partial charge in [0.15, 0.2) is 0 Å². The maximum Gasteiger partial charge on any atom is 0.410 e. The SMILES string of the molecule is O=C(OC1([C@H]2CCC[C@@H](c3cccc(F)c3)N2S(=O)(=O)c2ccc(Cl)cc2F)CC1)N1CCC(N2CCCC2)CC1. The Kier molecular flexibility index (Phi) is 8.04. The number of carbonyl (C=O) groups excluding carboxylic acids is 1. The first-order valence-electron chi connectivity index (χ1n) is 14.6. The van der Waals surface area contributed by atoms with Crippen molar-refractivity contribution >= 4 is 27.7 Å². The maximum atomic E-state index is 15.1. The Morgan fingerprint density at radius 3 is 2.32 bits per heavy atom. The van der Waals surface area contributed by atoms with Crippen LogP contribution in [0.3, 0.4) is 0 Å². The molecule has 1 amide bonds. The highest BCUT2D eigenvalue weighted by molar-refractivity contribution is 7.89. The lowest BCUT2D eigenvalue weighted by molar-refractivity contribution is -0.0134. The second-order valence-corrected chi connectivity index (χ2v) is 14.1. The molecule has 41 heavy (non-hydrogen) atoms. The molecule has 0 radical (unpaired) electrons. The third-order valence-corrected chi connectivity index (χ3v) is 11.5. The molecule has 4 aliphatic rings. The number of amides is 1. The minimum atomic E-state index is -4.42. The number of likely N-dealkylation sites (tertiary alicyclic amines) is 2. The van der Waals surface area contributed by atoms with Crippen LogP contribution in [0, 0.1) is 11.6 Å². The van der Waals surface area contributed by atoms with E-state index in [4.69, 9.17) is 16.3 Å². The number of ether oxygens (including phenoxy) is 1. The molecule has 1 saturated carbocycles. The van der Waals surface area contributed by atoms with Crippen LogP contribution >= 0.6 is 11.6 Å². The number of nitrogens with zero attached hydrogens (tertiary/aromatic N) is 3. The van der Waals surface area contributed by atoms with Crippen molar-refractivity contribution in [1.82, 2.24) is 14.1 Å². The first-order chi connectivity index (χ1) is 19.7. The summed E-state index contributed by atoms with van der Waals surface area (Å²) in [7, 11) is -4.42. The van der Waals surface area contributed by atoms with Crippen molar-refractivity contribution in [3.05, 3.63) is 64.7 Å². The van der Waals surface area contributed by atoms with E-state index in [1.165, 1.54) is 35.3 Å². The fraction of sp³-hybridized carbons (Fsp3) is 0.567. The average molecular weight is 608 g/mol. The van der Waals surface area contributed by atoms with Gasteiger partial charge in [-0.25, -0.2) is 22.0 Å². The molecule has 0 aromatic heterocycles. The van der Waals surface area contributed by atoms with E-state index in [0.29, 0.717) is 56.8 Å². The highest BCUT2D eigenvalue weighted by Crippen LogP contribution is 2.53. The molecule has 3 heterocycles. The molecule has 0 N–H and O–H groups in total. The van der Waals surface area contributed by atoms with Gasteiger partial charge in [0, 0.05) is 24.2 Å². The average Bonchev–Trinajstić information content (AvgIpc) is 3.52. The maximum absolute atomic E-state index is 15.1. The first kappa shape index (κ1) is 28.8. The Labute approximate surface area is 245 Å². The summed E-state index contributed by atoms with van der Waals surface area (Å²) in [6.45, 7) is 3.44. The second kappa shape index (κ2) is 11.4. The number of rotatable bonds is 6. The van der Waals surface area contributed by atoms with E-state index in [9.17, 15) is 17.6 Å². The molecule has 11 heteroatoms. The topological polar surface area (TPSA) is 70.2 Å². The van der Waals surface area contributed by atoms with Gasteiger partial charge in [0.05, 0.1) is 12.1 Å². The zero-order chi connectivity index (χ0) is 28.8. The van der Waals surface area contributed by atoms with Gasteiger partial charge in [-0.15, -0.1) is 0 Å². The molecule has 6 rings (SSSR count). The summed E-state index contributed by atoms with van der Waals surface area (Å²) < 4.78 is 65.3. The molecule has 0 spiro atoms. The van der Waals surface area contributed by atoms with Gasteiger partial charge in [-0.2, -0.15) is 4.31 Å². The van der Waals surface area contributed by atoms with Crippen molar-refractivity contribution in [3.8, 4) is 0 Å². The predicted molar refractivity (Wildman–Crippen MR) is 151 cm³/mol. The molecule has 4 fully saturated rings. The van der Waals surface area contributed by atoms with Crippen LogP contribution in [0.1, 0.15) is 69.4 Å². The molecule has 0 unspecified atom stereocenters. The van der Waals surface area contributed by atoms with Crippen molar-refractivity contribution in [2.24, 2.45) is 0 Å². The zero-order valence-corrected chi connectivity index (χ0v) is 24.6. The smallest absolute Gasteiger partial charge is 0.410 e. The molecule has 2 atom stereocenters. The van der Waals surface area contributed by atoms with Crippen LogP contribution in [0.25, 0.3) is 0 Å². The van der Waals surface area contributed by atoms with Crippen LogP contribution < -0.4 is 0 Å². The summed E-state index contributed by atoms with van der Waals surface area (Å²) in [4.78, 5) is 17.2. The Bertz CT molecular complexity index is 1390. The van der Waals surface area contributed by atoms with E-state index in [0.717, 1.165) is 38.1 Å². The summed E-state index contributed by atoms with van der Waals surface area (Å²) >= 11 is 5.93. The fourth-order valence-corrected chi connectivity index (χ4v) is 9.14. The Morgan fingerprint density at radius 2 is 1.66 bits per heavy atom. The van der Waals surface area contributed by atoms with Crippen molar-refractivity contribution in [2.75, 3.05) is 26.2 Å². The lowest BCUT2D eigenvalue weighted by atomic mass is 9.90. The van der Waals surface area contributed by atoms with Crippen LogP contribution in [0.5, 0.6) is 0 Å². The standard InChI is InChI=1S/C30H36ClF2N3O4S/c31-22-9-10-27(25(33)20-22)41(38,39)36-26(21-5-3-6-23(32)19-21)7-4-8-28(36)30(13-14-30)40-29(37)35-17-11-24(12-18-35)34-15-1-2-16-34/h3,5-6,9-10,19-20,24,26,28H,1-2,4,7-8,11-18H2/t26-,28+/m0/s1. The zero-order valence-electron chi connectivity index (χ0n) is 23.0. The van der Waals surface area contributed by atoms with Crippen molar-refractivity contribution < 1.29 is 26.7 Å². The quantitative estimate of drug-likeness (QED) is 0.395. The summed E-state index contributed by atoms with van der Waals surface area (Å²) in [6, 6.07) is 8.37. The van der Waals surface area contributed by atoms with Gasteiger partial charge in [0.2, 0.25) is 10.0 Å². The number of benzene rings is 2. The van der Waals surface area contributed by atoms with Crippen molar-refractivity contribution in [3.63, 3.8) is 0 Å². The van der Waals surface area contributed by atoms with E-state index >= 15 is 4.39 Å². The number of carbonyl (C=O) groups is 1. The molecule has 1 aliphatic carbocycles. The van der Waals surface area contributed by atoms with Gasteiger partial charge in [0.1, 0.15) is 22.1 Å². The normalized spacial score (nSPS) is 25.8. The Hall–Kier alpha value is -2.27. The second-order valence-electron chi connectivity index (χ2n) is 11.8. The van der Waals surface area contributed by atoms with Crippen LogP contribution in [0.2, 0.25) is 5.02 Å². The van der Waals surface area contributed by atoms with Gasteiger partial charge in [-0.1, -0.05) is 23.7 Å². The Morgan fingerprint density at radius 1 is 0.927 bits per heavy atom. The number of hydrogen-bond donors (Lipinski definition) is 0. The molecule has 0 bridgehead atoms. The molecular weight excluding hydrogens is 572 g/mol. The molecule has 7 nitrogen and oxygen atoms in total. The van der Waals surface area contributed by atoms with Gasteiger partial charge >= 0.3 is 6.09 Å². The lowest BCUT2D eigenvalue weighted by Crippen LogP contribution is -2.55. The van der Waals surface area contributed by atoms with Crippen LogP contribution in [-0.2, 0) is 14.8 Å². The summed E-state index contributed by atoms with van der Waals surface area (Å²) in [6.07, 6.45) is 6.37. The Balaban J connectivity index is 1.28. The van der Waals surface area contributed by atoms with E-state index in [2.05, 4.69) is 4.90 Å². The van der Waals surface area contributed by atoms with Crippen LogP contribution in [0.15, 0.2) is 47.4 Å². The number of hydrogen-bond acceptors (Lipinski definition) is 5. The largest absolute Gasteiger partial charge is 0.441 e. The van der Waals surface area contributed by atoms with E-state index < -0.39 is 50.3 Å². The minimum Gasteiger partial charge on any atom is -0.441 e. The number of piperidine rings is 2. The van der Waals surface area contributed by atoms with Gasteiger partial charge < -0.3 is 14.5 Å². The van der Waals surface area contributed by atoms with E-state index in [1.54, 1.807) is 17.0 Å². The highest BCUT2D eigenvalue weighted by Gasteiger charge is 2.60. The molecule has 3 saturated heterocycles. The third-order valence-electron chi connectivity index (χ3n) is 9.27. The number of sulfonamides is 1. The first-order valence-corrected chi connectivity index (χ1v) is 16.5. The molecule has 222 valence electrons. The van der Waals surface area contributed by atoms with Gasteiger partial charge in [-0.3, -0.25) is 0 Å².